The van der Waals surface area contributed by atoms with Gasteiger partial charge < -0.3 is 4.74 Å². The highest BCUT2D eigenvalue weighted by Gasteiger charge is 2.15. The first kappa shape index (κ1) is 11.1. The number of fused-ring (bicyclic) bond motifs is 1. The Morgan fingerprint density at radius 1 is 1.35 bits per heavy atom. The molecule has 0 radical (unpaired) electrons. The van der Waals surface area contributed by atoms with E-state index in [0.29, 0.717) is 11.0 Å². The fourth-order valence-electron chi connectivity index (χ4n) is 1.57. The summed E-state index contributed by atoms with van der Waals surface area (Å²) in [4.78, 5) is 26.8. The highest BCUT2D eigenvalue weighted by atomic mass is 16.5. The van der Waals surface area contributed by atoms with Gasteiger partial charge in [-0.1, -0.05) is 12.1 Å². The van der Waals surface area contributed by atoms with Crippen molar-refractivity contribution < 1.29 is 14.3 Å². The lowest BCUT2D eigenvalue weighted by Crippen LogP contribution is -2.17. The number of aromatic nitrogens is 2. The number of imidazole rings is 1. The molecule has 17 heavy (non-hydrogen) atoms. The maximum absolute atomic E-state index is 11.5. The Morgan fingerprint density at radius 3 is 2.71 bits per heavy atom. The minimum atomic E-state index is -0.664. The van der Waals surface area contributed by atoms with E-state index in [1.165, 1.54) is 18.6 Å². The van der Waals surface area contributed by atoms with Gasteiger partial charge >= 0.3 is 6.09 Å². The van der Waals surface area contributed by atoms with Gasteiger partial charge in [0, 0.05) is 6.92 Å². The molecular weight excluding hydrogens is 222 g/mol. The van der Waals surface area contributed by atoms with Gasteiger partial charge in [0.2, 0.25) is 11.9 Å². The quantitative estimate of drug-likeness (QED) is 0.816. The zero-order valence-electron chi connectivity index (χ0n) is 9.43. The van der Waals surface area contributed by atoms with Crippen LogP contribution >= 0.6 is 0 Å². The van der Waals surface area contributed by atoms with E-state index >= 15 is 0 Å². The average Bonchev–Trinajstić information content (AvgIpc) is 2.66. The van der Waals surface area contributed by atoms with Gasteiger partial charge in [-0.05, 0) is 12.1 Å². The predicted molar refractivity (Wildman–Crippen MR) is 62.1 cm³/mol. The SMILES string of the molecule is COC(=O)Nc1nc2ccccc2n1C(C)=O. The number of nitrogens with one attached hydrogen (secondary N) is 1. The van der Waals surface area contributed by atoms with Gasteiger partial charge in [-0.3, -0.25) is 10.1 Å². The largest absolute Gasteiger partial charge is 0.453 e. The number of hydrogen-bond donors (Lipinski definition) is 1. The molecule has 0 aliphatic carbocycles. The van der Waals surface area contributed by atoms with Crippen molar-refractivity contribution in [3.63, 3.8) is 0 Å². The van der Waals surface area contributed by atoms with Crippen molar-refractivity contribution in [2.45, 2.75) is 6.92 Å². The van der Waals surface area contributed by atoms with Crippen molar-refractivity contribution in [2.24, 2.45) is 0 Å². The molecule has 6 heteroatoms. The van der Waals surface area contributed by atoms with Crippen LogP contribution in [-0.4, -0.2) is 28.7 Å². The zero-order valence-corrected chi connectivity index (χ0v) is 9.43. The molecule has 0 aliphatic rings. The van der Waals surface area contributed by atoms with Crippen LogP contribution in [0.5, 0.6) is 0 Å². The van der Waals surface area contributed by atoms with Gasteiger partial charge in [0.1, 0.15) is 0 Å². The molecule has 0 bridgehead atoms. The predicted octanol–water partition coefficient (Wildman–Crippen LogP) is 1.87. The number of carbonyl (C=O) groups excluding carboxylic acids is 2. The fraction of sp³-hybridized carbons (Fsp3) is 0.182. The number of nitrogens with zero attached hydrogens (tertiary/aromatic N) is 2. The van der Waals surface area contributed by atoms with Crippen molar-refractivity contribution in [1.82, 2.24) is 9.55 Å². The number of carbonyl (C=O) groups is 2. The molecule has 6 nitrogen and oxygen atoms in total. The van der Waals surface area contributed by atoms with Crippen molar-refractivity contribution in [3.8, 4) is 0 Å². The van der Waals surface area contributed by atoms with E-state index in [4.69, 9.17) is 0 Å². The number of anilines is 1. The number of benzene rings is 1. The third-order valence-corrected chi connectivity index (χ3v) is 2.27. The summed E-state index contributed by atoms with van der Waals surface area (Å²) in [5.41, 5.74) is 1.28. The van der Waals surface area contributed by atoms with Crippen molar-refractivity contribution in [2.75, 3.05) is 12.4 Å². The molecule has 0 fully saturated rings. The Bertz CT molecular complexity index is 589. The zero-order chi connectivity index (χ0) is 12.4. The Kier molecular flexibility index (Phi) is 2.78. The van der Waals surface area contributed by atoms with E-state index in [0.717, 1.165) is 0 Å². The maximum atomic E-state index is 11.5. The van der Waals surface area contributed by atoms with E-state index in [2.05, 4.69) is 15.0 Å². The van der Waals surface area contributed by atoms with Gasteiger partial charge in [0.25, 0.3) is 0 Å². The highest BCUT2D eigenvalue weighted by Crippen LogP contribution is 2.19. The summed E-state index contributed by atoms with van der Waals surface area (Å²) in [5, 5.41) is 2.40. The maximum Gasteiger partial charge on any atom is 0.413 e. The Balaban J connectivity index is 2.57. The number of ether oxygens (including phenoxy) is 1. The molecule has 0 spiro atoms. The smallest absolute Gasteiger partial charge is 0.413 e. The molecule has 0 unspecified atom stereocenters. The lowest BCUT2D eigenvalue weighted by Gasteiger charge is -2.04. The van der Waals surface area contributed by atoms with Crippen LogP contribution in [0.1, 0.15) is 11.7 Å². The van der Waals surface area contributed by atoms with Gasteiger partial charge in [-0.2, -0.15) is 0 Å². The van der Waals surface area contributed by atoms with Gasteiger partial charge in [-0.15, -0.1) is 0 Å². The molecule has 1 aromatic carbocycles. The van der Waals surface area contributed by atoms with Crippen LogP contribution in [-0.2, 0) is 4.74 Å². The van der Waals surface area contributed by atoms with E-state index in [-0.39, 0.29) is 11.9 Å². The molecule has 1 heterocycles. The second-order valence-electron chi connectivity index (χ2n) is 3.40. The summed E-state index contributed by atoms with van der Waals surface area (Å²) in [7, 11) is 1.25. The number of hydrogen-bond acceptors (Lipinski definition) is 4. The second-order valence-corrected chi connectivity index (χ2v) is 3.40. The number of amides is 1. The van der Waals surface area contributed by atoms with Crippen molar-refractivity contribution in [1.29, 1.82) is 0 Å². The lowest BCUT2D eigenvalue weighted by atomic mass is 10.3. The standard InChI is InChI=1S/C11H11N3O3/c1-7(15)14-9-6-4-3-5-8(9)12-10(14)13-11(16)17-2/h3-6H,1-2H3,(H,12,13,16). The van der Waals surface area contributed by atoms with Gasteiger partial charge in [-0.25, -0.2) is 14.3 Å². The monoisotopic (exact) mass is 233 g/mol. The third-order valence-electron chi connectivity index (χ3n) is 2.27. The summed E-state index contributed by atoms with van der Waals surface area (Å²) >= 11 is 0. The topological polar surface area (TPSA) is 73.2 Å². The van der Waals surface area contributed by atoms with Crippen molar-refractivity contribution >= 4 is 29.0 Å². The van der Waals surface area contributed by atoms with Crippen LogP contribution in [0.3, 0.4) is 0 Å². The van der Waals surface area contributed by atoms with E-state index in [1.807, 2.05) is 6.07 Å². The summed E-state index contributed by atoms with van der Waals surface area (Å²) in [5.74, 6) is -0.0735. The average molecular weight is 233 g/mol. The summed E-state index contributed by atoms with van der Waals surface area (Å²) in [6, 6.07) is 7.12. The van der Waals surface area contributed by atoms with Crippen LogP contribution in [0.25, 0.3) is 11.0 Å². The van der Waals surface area contributed by atoms with Crippen LogP contribution in [0.2, 0.25) is 0 Å². The van der Waals surface area contributed by atoms with Crippen LogP contribution < -0.4 is 5.32 Å². The Labute approximate surface area is 97.2 Å². The first-order valence-corrected chi connectivity index (χ1v) is 4.97. The summed E-state index contributed by atoms with van der Waals surface area (Å²) < 4.78 is 5.80. The van der Waals surface area contributed by atoms with E-state index in [1.54, 1.807) is 18.2 Å². The highest BCUT2D eigenvalue weighted by molar-refractivity contribution is 5.95. The number of methoxy groups -OCH3 is 1. The Hall–Kier alpha value is -2.37. The van der Waals surface area contributed by atoms with E-state index in [9.17, 15) is 9.59 Å². The molecule has 88 valence electrons. The molecule has 0 saturated heterocycles. The minimum Gasteiger partial charge on any atom is -0.453 e. The molecule has 0 atom stereocenters. The summed E-state index contributed by atoms with van der Waals surface area (Å²) in [6.45, 7) is 1.40. The molecule has 2 rings (SSSR count). The summed E-state index contributed by atoms with van der Waals surface area (Å²) in [6.07, 6.45) is -0.664. The fourth-order valence-corrected chi connectivity index (χ4v) is 1.57. The first-order chi connectivity index (χ1) is 8.13. The normalized spacial score (nSPS) is 10.2. The number of rotatable bonds is 1. The second kappa shape index (κ2) is 4.25. The minimum absolute atomic E-state index is 0.158. The molecule has 0 aliphatic heterocycles. The van der Waals surface area contributed by atoms with Crippen LogP contribution in [0.4, 0.5) is 10.7 Å². The van der Waals surface area contributed by atoms with Crippen LogP contribution in [0, 0.1) is 0 Å². The Morgan fingerprint density at radius 2 is 2.06 bits per heavy atom. The molecule has 1 amide bonds. The third kappa shape index (κ3) is 1.96. The van der Waals surface area contributed by atoms with Crippen molar-refractivity contribution in [3.05, 3.63) is 24.3 Å². The molecule has 0 saturated carbocycles. The molecule has 1 aromatic heterocycles. The number of para-hydroxylation sites is 2. The molecule has 2 aromatic rings. The van der Waals surface area contributed by atoms with Gasteiger partial charge in [0.05, 0.1) is 18.1 Å². The molecule has 1 N–H and O–H groups in total. The van der Waals surface area contributed by atoms with E-state index < -0.39 is 6.09 Å². The lowest BCUT2D eigenvalue weighted by molar-refractivity contribution is 0.0943. The first-order valence-electron chi connectivity index (χ1n) is 4.97. The molecular formula is C11H11N3O3. The van der Waals surface area contributed by atoms with Crippen LogP contribution in [0.15, 0.2) is 24.3 Å². The van der Waals surface area contributed by atoms with Gasteiger partial charge in [0.15, 0.2) is 0 Å².